The number of halogens is 2. The number of anilines is 1. The van der Waals surface area contributed by atoms with E-state index in [0.717, 1.165) is 25.7 Å². The predicted molar refractivity (Wildman–Crippen MR) is 108 cm³/mol. The highest BCUT2D eigenvalue weighted by Crippen LogP contribution is 2.50. The summed E-state index contributed by atoms with van der Waals surface area (Å²) in [5.41, 5.74) is -0.624. The zero-order chi connectivity index (χ0) is 19.8. The second-order valence-electron chi connectivity index (χ2n) is 8.33. The van der Waals surface area contributed by atoms with Gasteiger partial charge in [0.15, 0.2) is 0 Å². The van der Waals surface area contributed by atoms with Crippen molar-refractivity contribution in [3.05, 3.63) is 21.8 Å². The Morgan fingerprint density at radius 3 is 2.30 bits per heavy atom. The van der Waals surface area contributed by atoms with Crippen molar-refractivity contribution in [1.82, 2.24) is 10.3 Å². The van der Waals surface area contributed by atoms with Crippen molar-refractivity contribution in [2.24, 2.45) is 17.8 Å². The fraction of sp³-hybridized carbons (Fsp3) is 0.632. The predicted octanol–water partition coefficient (Wildman–Crippen LogP) is 4.77. The molecule has 2 aliphatic carbocycles. The molecule has 1 unspecified atom stereocenters. The minimum atomic E-state index is -0.649. The van der Waals surface area contributed by atoms with E-state index in [4.69, 9.17) is 16.3 Å². The SMILES string of the molecule is CC(C)(C)OC(=O)NC(C(=O)Nc1ccc(Br)c(Cl)n1)C(C1CC1)C1CC1. The summed E-state index contributed by atoms with van der Waals surface area (Å²) in [5, 5.41) is 5.89. The van der Waals surface area contributed by atoms with Crippen molar-refractivity contribution in [2.75, 3.05) is 5.32 Å². The monoisotopic (exact) mass is 457 g/mol. The second kappa shape index (κ2) is 7.95. The minimum Gasteiger partial charge on any atom is -0.444 e. The summed E-state index contributed by atoms with van der Waals surface area (Å²) in [6, 6.07) is 2.74. The van der Waals surface area contributed by atoms with Crippen LogP contribution in [-0.2, 0) is 9.53 Å². The van der Waals surface area contributed by atoms with Crippen molar-refractivity contribution < 1.29 is 14.3 Å². The smallest absolute Gasteiger partial charge is 0.408 e. The van der Waals surface area contributed by atoms with Crippen LogP contribution in [0.15, 0.2) is 16.6 Å². The Kier molecular flexibility index (Phi) is 6.01. The number of rotatable bonds is 6. The van der Waals surface area contributed by atoms with Crippen LogP contribution in [0.25, 0.3) is 0 Å². The van der Waals surface area contributed by atoms with Gasteiger partial charge < -0.3 is 15.4 Å². The highest BCUT2D eigenvalue weighted by atomic mass is 79.9. The van der Waals surface area contributed by atoms with Gasteiger partial charge in [0.25, 0.3) is 0 Å². The lowest BCUT2D eigenvalue weighted by atomic mass is 9.89. The molecule has 1 aromatic heterocycles. The van der Waals surface area contributed by atoms with E-state index in [1.165, 1.54) is 0 Å². The highest BCUT2D eigenvalue weighted by Gasteiger charge is 2.48. The standard InChI is InChI=1S/C19H25BrClN3O3/c1-19(2,3)27-18(26)24-15(14(10-4-5-10)11-6-7-11)17(25)23-13-9-8-12(20)16(21)22-13/h8-11,14-15H,4-7H2,1-3H3,(H,24,26)(H,22,23,25). The molecule has 2 N–H and O–H groups in total. The van der Waals surface area contributed by atoms with Gasteiger partial charge in [-0.1, -0.05) is 11.6 Å². The van der Waals surface area contributed by atoms with Gasteiger partial charge in [0.1, 0.15) is 22.6 Å². The third kappa shape index (κ3) is 5.82. The Bertz CT molecular complexity index is 717. The Morgan fingerprint density at radius 1 is 1.22 bits per heavy atom. The van der Waals surface area contributed by atoms with Crippen molar-refractivity contribution in [1.29, 1.82) is 0 Å². The van der Waals surface area contributed by atoms with E-state index < -0.39 is 17.7 Å². The first-order chi connectivity index (χ1) is 12.6. The van der Waals surface area contributed by atoms with Crippen LogP contribution in [0.2, 0.25) is 5.15 Å². The third-order valence-corrected chi connectivity index (χ3v) is 5.88. The number of alkyl carbamates (subject to hydrolysis) is 1. The van der Waals surface area contributed by atoms with Crippen LogP contribution in [0.3, 0.4) is 0 Å². The molecule has 0 radical (unpaired) electrons. The zero-order valence-corrected chi connectivity index (χ0v) is 18.1. The number of carbonyl (C=O) groups excluding carboxylic acids is 2. The average molecular weight is 459 g/mol. The first-order valence-corrected chi connectivity index (χ1v) is 10.4. The summed E-state index contributed by atoms with van der Waals surface area (Å²) >= 11 is 9.30. The zero-order valence-electron chi connectivity index (χ0n) is 15.7. The molecule has 2 amide bonds. The lowest BCUT2D eigenvalue weighted by Gasteiger charge is -2.29. The van der Waals surface area contributed by atoms with E-state index in [0.29, 0.717) is 22.1 Å². The number of aromatic nitrogens is 1. The van der Waals surface area contributed by atoms with Crippen LogP contribution in [-0.4, -0.2) is 28.6 Å². The maximum atomic E-state index is 13.0. The summed E-state index contributed by atoms with van der Waals surface area (Å²) in [5.74, 6) is 1.16. The first kappa shape index (κ1) is 20.4. The molecule has 0 spiro atoms. The lowest BCUT2D eigenvalue weighted by Crippen LogP contribution is -2.51. The summed E-state index contributed by atoms with van der Waals surface area (Å²) in [6.07, 6.45) is 3.83. The fourth-order valence-electron chi connectivity index (χ4n) is 3.35. The molecule has 2 aliphatic rings. The molecule has 0 saturated heterocycles. The Labute approximate surface area is 172 Å². The van der Waals surface area contributed by atoms with Gasteiger partial charge in [0.05, 0.1) is 4.47 Å². The molecule has 2 saturated carbocycles. The van der Waals surface area contributed by atoms with E-state index in [1.807, 2.05) is 0 Å². The van der Waals surface area contributed by atoms with Crippen LogP contribution in [0.4, 0.5) is 10.6 Å². The van der Waals surface area contributed by atoms with Gasteiger partial charge in [0.2, 0.25) is 5.91 Å². The quantitative estimate of drug-likeness (QED) is 0.602. The largest absolute Gasteiger partial charge is 0.444 e. The molecule has 1 atom stereocenters. The number of carbonyl (C=O) groups is 2. The van der Waals surface area contributed by atoms with Gasteiger partial charge in [-0.25, -0.2) is 9.78 Å². The Balaban J connectivity index is 1.76. The van der Waals surface area contributed by atoms with Crippen LogP contribution < -0.4 is 10.6 Å². The lowest BCUT2D eigenvalue weighted by molar-refractivity contribution is -0.120. The number of amides is 2. The minimum absolute atomic E-state index is 0.128. The average Bonchev–Trinajstić information content (AvgIpc) is 3.42. The van der Waals surface area contributed by atoms with Gasteiger partial charge in [-0.05, 0) is 92.3 Å². The number of nitrogens with one attached hydrogen (secondary N) is 2. The molecule has 6 nitrogen and oxygen atoms in total. The normalized spacial score (nSPS) is 18.1. The maximum Gasteiger partial charge on any atom is 0.408 e. The molecule has 2 fully saturated rings. The van der Waals surface area contributed by atoms with Crippen molar-refractivity contribution in [3.63, 3.8) is 0 Å². The van der Waals surface area contributed by atoms with Gasteiger partial charge in [0, 0.05) is 0 Å². The maximum absolute atomic E-state index is 13.0. The summed E-state index contributed by atoms with van der Waals surface area (Å²) in [7, 11) is 0. The number of pyridine rings is 1. The number of hydrogen-bond acceptors (Lipinski definition) is 4. The van der Waals surface area contributed by atoms with E-state index in [-0.39, 0.29) is 17.0 Å². The summed E-state index contributed by atoms with van der Waals surface area (Å²) in [4.78, 5) is 29.6. The molecule has 148 valence electrons. The highest BCUT2D eigenvalue weighted by molar-refractivity contribution is 9.10. The van der Waals surface area contributed by atoms with Crippen LogP contribution in [0.5, 0.6) is 0 Å². The van der Waals surface area contributed by atoms with Crippen molar-refractivity contribution >= 4 is 45.3 Å². The summed E-state index contributed by atoms with van der Waals surface area (Å²) < 4.78 is 6.03. The van der Waals surface area contributed by atoms with E-state index >= 15 is 0 Å². The molecule has 0 aromatic carbocycles. The van der Waals surface area contributed by atoms with Gasteiger partial charge in [-0.3, -0.25) is 4.79 Å². The number of ether oxygens (including phenoxy) is 1. The second-order valence-corrected chi connectivity index (χ2v) is 9.55. The van der Waals surface area contributed by atoms with Gasteiger partial charge in [-0.2, -0.15) is 0 Å². The van der Waals surface area contributed by atoms with Crippen molar-refractivity contribution in [2.45, 2.75) is 58.1 Å². The summed E-state index contributed by atoms with van der Waals surface area (Å²) in [6.45, 7) is 5.40. The van der Waals surface area contributed by atoms with E-state index in [9.17, 15) is 9.59 Å². The molecule has 27 heavy (non-hydrogen) atoms. The Hall–Kier alpha value is -1.34. The molecule has 3 rings (SSSR count). The molecule has 0 aliphatic heterocycles. The molecule has 1 aromatic rings. The van der Waals surface area contributed by atoms with Gasteiger partial charge >= 0.3 is 6.09 Å². The van der Waals surface area contributed by atoms with Crippen molar-refractivity contribution in [3.8, 4) is 0 Å². The molecular weight excluding hydrogens is 434 g/mol. The molecular formula is C19H25BrClN3O3. The van der Waals surface area contributed by atoms with Crippen LogP contribution >= 0.6 is 27.5 Å². The van der Waals surface area contributed by atoms with Crippen LogP contribution in [0, 0.1) is 17.8 Å². The third-order valence-electron chi connectivity index (χ3n) is 4.73. The number of nitrogens with zero attached hydrogens (tertiary/aromatic N) is 1. The number of hydrogen-bond donors (Lipinski definition) is 2. The van der Waals surface area contributed by atoms with Gasteiger partial charge in [-0.15, -0.1) is 0 Å². The topological polar surface area (TPSA) is 80.3 Å². The first-order valence-electron chi connectivity index (χ1n) is 9.26. The molecule has 8 heteroatoms. The Morgan fingerprint density at radius 2 is 1.81 bits per heavy atom. The van der Waals surface area contributed by atoms with Crippen LogP contribution in [0.1, 0.15) is 46.5 Å². The molecule has 1 heterocycles. The molecule has 0 bridgehead atoms. The fourth-order valence-corrected chi connectivity index (χ4v) is 3.73. The van der Waals surface area contributed by atoms with E-state index in [1.54, 1.807) is 32.9 Å². The van der Waals surface area contributed by atoms with E-state index in [2.05, 4.69) is 31.5 Å².